The summed E-state index contributed by atoms with van der Waals surface area (Å²) in [6.45, 7) is 0.332. The number of carbonyl (C=O) groups is 1. The molecule has 0 spiro atoms. The zero-order chi connectivity index (χ0) is 14.2. The molecule has 2 rings (SSSR count). The van der Waals surface area contributed by atoms with Gasteiger partial charge in [-0.25, -0.2) is 9.18 Å². The molecule has 0 aliphatic carbocycles. The SMILES string of the molecule is O=C(O)C1CCCN1c1cc(F)c(Cl)cc1[N+](=O)[O-]. The van der Waals surface area contributed by atoms with E-state index in [1.807, 2.05) is 0 Å². The van der Waals surface area contributed by atoms with Crippen molar-refractivity contribution in [2.75, 3.05) is 11.4 Å². The fourth-order valence-electron chi connectivity index (χ4n) is 2.21. The number of aliphatic carboxylic acids is 1. The van der Waals surface area contributed by atoms with Crippen LogP contribution in [0.3, 0.4) is 0 Å². The Kier molecular flexibility index (Phi) is 3.57. The second-order valence-corrected chi connectivity index (χ2v) is 4.61. The van der Waals surface area contributed by atoms with Gasteiger partial charge in [0.25, 0.3) is 5.69 Å². The lowest BCUT2D eigenvalue weighted by atomic mass is 10.2. The van der Waals surface area contributed by atoms with Crippen molar-refractivity contribution in [2.45, 2.75) is 18.9 Å². The van der Waals surface area contributed by atoms with E-state index in [9.17, 15) is 19.3 Å². The second-order valence-electron chi connectivity index (χ2n) is 4.20. The molecule has 0 bridgehead atoms. The van der Waals surface area contributed by atoms with E-state index < -0.39 is 22.8 Å². The highest BCUT2D eigenvalue weighted by molar-refractivity contribution is 6.31. The molecule has 102 valence electrons. The predicted molar refractivity (Wildman–Crippen MR) is 66.1 cm³/mol. The monoisotopic (exact) mass is 288 g/mol. The van der Waals surface area contributed by atoms with Crippen molar-refractivity contribution < 1.29 is 19.2 Å². The maximum atomic E-state index is 13.5. The molecule has 0 radical (unpaired) electrons. The Bertz CT molecular complexity index is 552. The van der Waals surface area contributed by atoms with Crippen LogP contribution in [0.1, 0.15) is 12.8 Å². The Morgan fingerprint density at radius 2 is 2.26 bits per heavy atom. The fourth-order valence-corrected chi connectivity index (χ4v) is 2.37. The van der Waals surface area contributed by atoms with E-state index in [2.05, 4.69) is 0 Å². The van der Waals surface area contributed by atoms with E-state index in [0.717, 1.165) is 12.1 Å². The minimum absolute atomic E-state index is 0.0446. The Morgan fingerprint density at radius 1 is 1.58 bits per heavy atom. The van der Waals surface area contributed by atoms with Crippen LogP contribution in [0.25, 0.3) is 0 Å². The summed E-state index contributed by atoms with van der Waals surface area (Å²) < 4.78 is 13.5. The van der Waals surface area contributed by atoms with E-state index in [4.69, 9.17) is 16.7 Å². The Morgan fingerprint density at radius 3 is 2.84 bits per heavy atom. The van der Waals surface area contributed by atoms with Gasteiger partial charge in [0.05, 0.1) is 9.95 Å². The number of nitro benzene ring substituents is 1. The van der Waals surface area contributed by atoms with Crippen LogP contribution in [-0.2, 0) is 4.79 Å². The number of hydrogen-bond acceptors (Lipinski definition) is 4. The van der Waals surface area contributed by atoms with Crippen molar-refractivity contribution in [2.24, 2.45) is 0 Å². The van der Waals surface area contributed by atoms with Gasteiger partial charge in [-0.1, -0.05) is 11.6 Å². The second kappa shape index (κ2) is 5.00. The quantitative estimate of drug-likeness (QED) is 0.682. The van der Waals surface area contributed by atoms with Crippen LogP contribution in [0.5, 0.6) is 0 Å². The van der Waals surface area contributed by atoms with Crippen LogP contribution in [0, 0.1) is 15.9 Å². The number of anilines is 1. The normalized spacial score (nSPS) is 18.6. The van der Waals surface area contributed by atoms with Crippen molar-refractivity contribution in [3.05, 3.63) is 33.1 Å². The molecule has 1 heterocycles. The smallest absolute Gasteiger partial charge is 0.326 e. The van der Waals surface area contributed by atoms with Gasteiger partial charge in [-0.2, -0.15) is 0 Å². The van der Waals surface area contributed by atoms with Crippen LogP contribution in [0.2, 0.25) is 5.02 Å². The van der Waals surface area contributed by atoms with Gasteiger partial charge in [0.2, 0.25) is 0 Å². The predicted octanol–water partition coefficient (Wildman–Crippen LogP) is 2.44. The highest BCUT2D eigenvalue weighted by atomic mass is 35.5. The third kappa shape index (κ3) is 2.46. The van der Waals surface area contributed by atoms with Gasteiger partial charge in [-0.15, -0.1) is 0 Å². The van der Waals surface area contributed by atoms with Gasteiger partial charge in [0.15, 0.2) is 0 Å². The molecule has 0 amide bonds. The molecular formula is C11H10ClFN2O4. The molecule has 1 aliphatic rings. The molecule has 19 heavy (non-hydrogen) atoms. The van der Waals surface area contributed by atoms with Crippen molar-refractivity contribution in [3.63, 3.8) is 0 Å². The molecule has 0 saturated carbocycles. The minimum Gasteiger partial charge on any atom is -0.480 e. The maximum Gasteiger partial charge on any atom is 0.326 e. The van der Waals surface area contributed by atoms with Crippen molar-refractivity contribution >= 4 is 28.9 Å². The average Bonchev–Trinajstić information content (AvgIpc) is 2.80. The number of nitro groups is 1. The van der Waals surface area contributed by atoms with E-state index in [-0.39, 0.29) is 16.4 Å². The van der Waals surface area contributed by atoms with Gasteiger partial charge < -0.3 is 10.0 Å². The molecule has 6 nitrogen and oxygen atoms in total. The minimum atomic E-state index is -1.08. The summed E-state index contributed by atoms with van der Waals surface area (Å²) in [5.74, 6) is -1.89. The van der Waals surface area contributed by atoms with Crippen molar-refractivity contribution in [3.8, 4) is 0 Å². The summed E-state index contributed by atoms with van der Waals surface area (Å²) in [6, 6.07) is 0.949. The number of carboxylic acids is 1. The molecule has 1 fully saturated rings. The van der Waals surface area contributed by atoms with Crippen molar-refractivity contribution in [1.29, 1.82) is 0 Å². The largest absolute Gasteiger partial charge is 0.480 e. The number of hydrogen-bond donors (Lipinski definition) is 1. The molecule has 1 atom stereocenters. The number of benzene rings is 1. The Hall–Kier alpha value is -1.89. The fraction of sp³-hybridized carbons (Fsp3) is 0.364. The first-order valence-electron chi connectivity index (χ1n) is 5.54. The summed E-state index contributed by atoms with van der Waals surface area (Å²) >= 11 is 5.52. The molecule has 1 unspecified atom stereocenters. The zero-order valence-corrected chi connectivity index (χ0v) is 10.4. The van der Waals surface area contributed by atoms with Crippen LogP contribution >= 0.6 is 11.6 Å². The molecule has 8 heteroatoms. The first-order chi connectivity index (χ1) is 8.91. The molecule has 1 aromatic carbocycles. The molecular weight excluding hydrogens is 279 g/mol. The Labute approximate surface area is 112 Å². The summed E-state index contributed by atoms with van der Waals surface area (Å²) in [5.41, 5.74) is -0.434. The first kappa shape index (κ1) is 13.5. The highest BCUT2D eigenvalue weighted by Gasteiger charge is 2.35. The molecule has 1 aliphatic heterocycles. The molecule has 1 saturated heterocycles. The van der Waals surface area contributed by atoms with Crippen LogP contribution in [0.4, 0.5) is 15.8 Å². The van der Waals surface area contributed by atoms with Crippen LogP contribution < -0.4 is 4.90 Å². The number of nitrogens with zero attached hydrogens (tertiary/aromatic N) is 2. The third-order valence-electron chi connectivity index (χ3n) is 3.06. The van der Waals surface area contributed by atoms with Crippen molar-refractivity contribution in [1.82, 2.24) is 0 Å². The molecule has 1 N–H and O–H groups in total. The van der Waals surface area contributed by atoms with Gasteiger partial charge in [-0.05, 0) is 12.8 Å². The van der Waals surface area contributed by atoms with Crippen LogP contribution in [0.15, 0.2) is 12.1 Å². The standard InChI is InChI=1S/C11H10ClFN2O4/c12-6-4-10(15(18)19)9(5-7(6)13)14-3-1-2-8(14)11(16)17/h4-5,8H,1-3H2,(H,16,17). The van der Waals surface area contributed by atoms with Crippen LogP contribution in [-0.4, -0.2) is 28.6 Å². The average molecular weight is 289 g/mol. The van der Waals surface area contributed by atoms with Gasteiger partial charge in [-0.3, -0.25) is 10.1 Å². The topological polar surface area (TPSA) is 83.7 Å². The third-order valence-corrected chi connectivity index (χ3v) is 3.35. The van der Waals surface area contributed by atoms with E-state index in [1.54, 1.807) is 0 Å². The lowest BCUT2D eigenvalue weighted by Gasteiger charge is -2.23. The van der Waals surface area contributed by atoms with Gasteiger partial charge >= 0.3 is 5.97 Å². The number of halogens is 2. The number of carboxylic acid groups (broad SMARTS) is 1. The number of rotatable bonds is 3. The summed E-state index contributed by atoms with van der Waals surface area (Å²) in [5, 5.41) is 19.7. The summed E-state index contributed by atoms with van der Waals surface area (Å²) in [6.07, 6.45) is 0.953. The lowest BCUT2D eigenvalue weighted by Crippen LogP contribution is -2.36. The first-order valence-corrected chi connectivity index (χ1v) is 5.92. The molecule has 1 aromatic rings. The van der Waals surface area contributed by atoms with Gasteiger partial charge in [0, 0.05) is 18.7 Å². The summed E-state index contributed by atoms with van der Waals surface area (Å²) in [4.78, 5) is 22.7. The van der Waals surface area contributed by atoms with E-state index in [0.29, 0.717) is 19.4 Å². The molecule has 0 aromatic heterocycles. The van der Waals surface area contributed by atoms with E-state index in [1.165, 1.54) is 4.90 Å². The summed E-state index contributed by atoms with van der Waals surface area (Å²) in [7, 11) is 0. The lowest BCUT2D eigenvalue weighted by molar-refractivity contribution is -0.384. The van der Waals surface area contributed by atoms with E-state index >= 15 is 0 Å². The Balaban J connectivity index is 2.51. The highest BCUT2D eigenvalue weighted by Crippen LogP contribution is 2.36. The van der Waals surface area contributed by atoms with Gasteiger partial charge in [0.1, 0.15) is 17.5 Å². The maximum absolute atomic E-state index is 13.5. The zero-order valence-electron chi connectivity index (χ0n) is 9.68.